The number of thiazole rings is 1. The molecule has 1 amide bonds. The normalized spacial score (nSPS) is 17.3. The average Bonchev–Trinajstić information content (AvgIpc) is 3.45. The molecule has 1 aliphatic rings. The van der Waals surface area contributed by atoms with Gasteiger partial charge in [-0.2, -0.15) is 0 Å². The number of ketones is 1. The highest BCUT2D eigenvalue weighted by Crippen LogP contribution is 2.45. The zero-order valence-electron chi connectivity index (χ0n) is 21.8. The van der Waals surface area contributed by atoms with Gasteiger partial charge in [0.1, 0.15) is 17.3 Å². The number of Topliss-reactive ketones (excluding diaryl/α,β-unsaturated/α-hetero) is 1. The van der Waals surface area contributed by atoms with Crippen LogP contribution in [0.25, 0.3) is 16.0 Å². The van der Waals surface area contributed by atoms with Gasteiger partial charge in [-0.3, -0.25) is 14.5 Å². The number of benzene rings is 3. The smallest absolute Gasteiger partial charge is 0.301 e. The molecular weight excluding hydrogens is 500 g/mol. The van der Waals surface area contributed by atoms with Crippen LogP contribution in [0.15, 0.2) is 72.3 Å². The first-order valence-corrected chi connectivity index (χ1v) is 12.9. The predicted octanol–water partition coefficient (Wildman–Crippen LogP) is 6.24. The van der Waals surface area contributed by atoms with Gasteiger partial charge >= 0.3 is 5.91 Å². The summed E-state index contributed by atoms with van der Waals surface area (Å²) in [5.41, 5.74) is 2.85. The van der Waals surface area contributed by atoms with Gasteiger partial charge in [-0.05, 0) is 59.0 Å². The van der Waals surface area contributed by atoms with E-state index < -0.39 is 17.7 Å². The van der Waals surface area contributed by atoms with E-state index in [0.717, 1.165) is 10.3 Å². The van der Waals surface area contributed by atoms with Crippen LogP contribution in [0.3, 0.4) is 0 Å². The van der Waals surface area contributed by atoms with E-state index in [2.05, 4.69) is 25.8 Å². The third-order valence-corrected chi connectivity index (χ3v) is 7.71. The number of aliphatic hydroxyl groups excluding tert-OH is 1. The Hall–Kier alpha value is -4.17. The van der Waals surface area contributed by atoms with Crippen LogP contribution in [0.5, 0.6) is 11.5 Å². The number of rotatable bonds is 5. The van der Waals surface area contributed by atoms with Crippen molar-refractivity contribution >= 4 is 44.1 Å². The van der Waals surface area contributed by atoms with Gasteiger partial charge in [-0.1, -0.05) is 56.4 Å². The predicted molar refractivity (Wildman–Crippen MR) is 149 cm³/mol. The number of methoxy groups -OCH3 is 2. The quantitative estimate of drug-likeness (QED) is 0.187. The molecule has 0 aliphatic carbocycles. The Bertz CT molecular complexity index is 1560. The monoisotopic (exact) mass is 528 g/mol. The first-order chi connectivity index (χ1) is 18.1. The molecule has 0 saturated carbocycles. The molecule has 38 heavy (non-hydrogen) atoms. The van der Waals surface area contributed by atoms with Crippen molar-refractivity contribution < 1.29 is 24.2 Å². The fraction of sp³-hybridized carbons (Fsp3) is 0.233. The van der Waals surface area contributed by atoms with Crippen molar-refractivity contribution in [3.63, 3.8) is 0 Å². The second kappa shape index (κ2) is 9.61. The van der Waals surface area contributed by atoms with Crippen LogP contribution in [0.2, 0.25) is 0 Å². The largest absolute Gasteiger partial charge is 0.507 e. The van der Waals surface area contributed by atoms with Gasteiger partial charge in [0.05, 0.1) is 36.1 Å². The number of aliphatic hydroxyl groups is 1. The molecule has 1 saturated heterocycles. The summed E-state index contributed by atoms with van der Waals surface area (Å²) in [4.78, 5) is 33.1. The van der Waals surface area contributed by atoms with Crippen LogP contribution in [-0.4, -0.2) is 36.0 Å². The highest BCUT2D eigenvalue weighted by molar-refractivity contribution is 7.22. The number of nitrogens with zero attached hydrogens (tertiary/aromatic N) is 2. The molecule has 3 aromatic carbocycles. The van der Waals surface area contributed by atoms with Crippen LogP contribution in [-0.2, 0) is 15.0 Å². The Morgan fingerprint density at radius 1 is 0.921 bits per heavy atom. The van der Waals surface area contributed by atoms with E-state index in [1.54, 1.807) is 44.6 Å². The van der Waals surface area contributed by atoms with Gasteiger partial charge in [0.2, 0.25) is 0 Å². The first kappa shape index (κ1) is 25.5. The van der Waals surface area contributed by atoms with Crippen molar-refractivity contribution in [1.82, 2.24) is 4.98 Å². The van der Waals surface area contributed by atoms with E-state index in [4.69, 9.17) is 9.47 Å². The van der Waals surface area contributed by atoms with E-state index in [0.29, 0.717) is 33.3 Å². The second-order valence-corrected chi connectivity index (χ2v) is 11.1. The Kier molecular flexibility index (Phi) is 6.44. The summed E-state index contributed by atoms with van der Waals surface area (Å²) in [6.45, 7) is 6.35. The van der Waals surface area contributed by atoms with Crippen molar-refractivity contribution in [3.05, 3.63) is 89.0 Å². The summed E-state index contributed by atoms with van der Waals surface area (Å²) in [6.07, 6.45) is 0. The maximum absolute atomic E-state index is 13.5. The molecule has 194 valence electrons. The highest BCUT2D eigenvalue weighted by Gasteiger charge is 2.48. The molecule has 0 spiro atoms. The SMILES string of the molecule is COc1ccc(C(O)=C2C(=O)C(=O)N(c3nc4ccc(OC)cc4s3)C2c2ccc(C(C)(C)C)cc2)cc1. The van der Waals surface area contributed by atoms with Crippen molar-refractivity contribution in [2.45, 2.75) is 32.2 Å². The van der Waals surface area contributed by atoms with Gasteiger partial charge in [0, 0.05) is 5.56 Å². The molecule has 7 nitrogen and oxygen atoms in total. The molecule has 5 rings (SSSR count). The Labute approximate surface area is 225 Å². The zero-order valence-corrected chi connectivity index (χ0v) is 22.6. The van der Waals surface area contributed by atoms with Crippen LogP contribution in [0, 0.1) is 0 Å². The zero-order chi connectivity index (χ0) is 27.2. The fourth-order valence-electron chi connectivity index (χ4n) is 4.54. The molecule has 1 unspecified atom stereocenters. The topological polar surface area (TPSA) is 89.0 Å². The summed E-state index contributed by atoms with van der Waals surface area (Å²) >= 11 is 1.29. The van der Waals surface area contributed by atoms with Crippen molar-refractivity contribution in [2.75, 3.05) is 19.1 Å². The lowest BCUT2D eigenvalue weighted by molar-refractivity contribution is -0.132. The van der Waals surface area contributed by atoms with Gasteiger partial charge in [0.25, 0.3) is 5.78 Å². The highest BCUT2D eigenvalue weighted by atomic mass is 32.1. The van der Waals surface area contributed by atoms with E-state index in [1.165, 1.54) is 16.2 Å². The van der Waals surface area contributed by atoms with Crippen LogP contribution < -0.4 is 14.4 Å². The summed E-state index contributed by atoms with van der Waals surface area (Å²) in [6, 6.07) is 19.1. The van der Waals surface area contributed by atoms with Crippen LogP contribution in [0.4, 0.5) is 5.13 Å². The Balaban J connectivity index is 1.69. The molecule has 4 aromatic rings. The Morgan fingerprint density at radius 3 is 2.16 bits per heavy atom. The molecular formula is C30H28N2O5S. The van der Waals surface area contributed by atoms with E-state index in [-0.39, 0.29) is 16.7 Å². The van der Waals surface area contributed by atoms with Crippen molar-refractivity contribution in [3.8, 4) is 11.5 Å². The lowest BCUT2D eigenvalue weighted by atomic mass is 9.85. The van der Waals surface area contributed by atoms with Gasteiger partial charge < -0.3 is 14.6 Å². The third kappa shape index (κ3) is 4.41. The number of hydrogen-bond acceptors (Lipinski definition) is 7. The molecule has 1 N–H and O–H groups in total. The summed E-state index contributed by atoms with van der Waals surface area (Å²) in [5, 5.41) is 11.7. The van der Waals surface area contributed by atoms with Gasteiger partial charge in [-0.15, -0.1) is 0 Å². The maximum Gasteiger partial charge on any atom is 0.301 e. The fourth-order valence-corrected chi connectivity index (χ4v) is 5.56. The number of aromatic nitrogens is 1. The molecule has 1 atom stereocenters. The van der Waals surface area contributed by atoms with Crippen molar-refractivity contribution in [1.29, 1.82) is 0 Å². The van der Waals surface area contributed by atoms with E-state index in [9.17, 15) is 14.7 Å². The minimum Gasteiger partial charge on any atom is -0.507 e. The average molecular weight is 529 g/mol. The Morgan fingerprint density at radius 2 is 1.55 bits per heavy atom. The lowest BCUT2D eigenvalue weighted by Crippen LogP contribution is -2.29. The second-order valence-electron chi connectivity index (χ2n) is 10.1. The van der Waals surface area contributed by atoms with Crippen LogP contribution in [0.1, 0.15) is 43.5 Å². The molecule has 8 heteroatoms. The number of fused-ring (bicyclic) bond motifs is 1. The first-order valence-electron chi connectivity index (χ1n) is 12.1. The number of ether oxygens (including phenoxy) is 2. The third-order valence-electron chi connectivity index (χ3n) is 6.69. The number of carbonyl (C=O) groups excluding carboxylic acids is 2. The minimum atomic E-state index is -0.853. The summed E-state index contributed by atoms with van der Waals surface area (Å²) in [5.74, 6) is -0.470. The standard InChI is InChI=1S/C30H28N2O5S/c1-30(2,3)19-10-6-17(7-11-19)25-24(26(33)18-8-12-20(36-4)13-9-18)27(34)28(35)32(25)29-31-22-15-14-21(37-5)16-23(22)38-29/h6-16,25,33H,1-5H3. The molecule has 1 aliphatic heterocycles. The minimum absolute atomic E-state index is 0.0144. The number of carbonyl (C=O) groups is 2. The molecule has 0 radical (unpaired) electrons. The van der Waals surface area contributed by atoms with Gasteiger partial charge in [-0.25, -0.2) is 4.98 Å². The molecule has 1 fully saturated rings. The number of amides is 1. The lowest BCUT2D eigenvalue weighted by Gasteiger charge is -2.24. The van der Waals surface area contributed by atoms with Crippen molar-refractivity contribution in [2.24, 2.45) is 0 Å². The van der Waals surface area contributed by atoms with E-state index in [1.807, 2.05) is 36.4 Å². The maximum atomic E-state index is 13.5. The summed E-state index contributed by atoms with van der Waals surface area (Å²) < 4.78 is 11.4. The summed E-state index contributed by atoms with van der Waals surface area (Å²) in [7, 11) is 3.14. The molecule has 2 heterocycles. The number of anilines is 1. The van der Waals surface area contributed by atoms with E-state index >= 15 is 0 Å². The van der Waals surface area contributed by atoms with Gasteiger partial charge in [0.15, 0.2) is 5.13 Å². The molecule has 0 bridgehead atoms. The number of hydrogen-bond donors (Lipinski definition) is 1. The van der Waals surface area contributed by atoms with Crippen LogP contribution >= 0.6 is 11.3 Å². The molecule has 1 aromatic heterocycles.